The Morgan fingerprint density at radius 3 is 2.55 bits per heavy atom. The van der Waals surface area contributed by atoms with Gasteiger partial charge in [-0.1, -0.05) is 19.9 Å². The second-order valence-electron chi connectivity index (χ2n) is 9.29. The zero-order valence-electron chi connectivity index (χ0n) is 20.4. The number of esters is 3. The summed E-state index contributed by atoms with van der Waals surface area (Å²) in [7, 11) is 1.51. The zero-order valence-corrected chi connectivity index (χ0v) is 21.2. The van der Waals surface area contributed by atoms with Crippen LogP contribution in [0.5, 0.6) is 0 Å². The molecule has 0 aromatic heterocycles. The summed E-state index contributed by atoms with van der Waals surface area (Å²) in [6.45, 7) is 9.24. The summed E-state index contributed by atoms with van der Waals surface area (Å²) < 4.78 is 23.5. The number of carbonyl (C=O) groups excluding carboxylic acids is 3. The van der Waals surface area contributed by atoms with Gasteiger partial charge in [0.15, 0.2) is 0 Å². The SMILES string of the molecule is C/C=C(\C)C(=O)OC1C2=C(C)C(=O)OC2(OC)CC2CCC(OC(=O)/C=C/SC)C(C)C21C. The van der Waals surface area contributed by atoms with Gasteiger partial charge in [0.25, 0.3) is 0 Å². The Bertz CT molecular complexity index is 920. The van der Waals surface area contributed by atoms with E-state index in [1.165, 1.54) is 24.9 Å². The van der Waals surface area contributed by atoms with Gasteiger partial charge in [-0.2, -0.15) is 0 Å². The lowest BCUT2D eigenvalue weighted by Gasteiger charge is -2.58. The third-order valence-electron chi connectivity index (χ3n) is 7.86. The minimum Gasteiger partial charge on any atom is -0.459 e. The standard InChI is InChI=1S/C25H34O7S/c1-8-14(2)22(27)31-21-20-15(3)23(28)32-25(20,29-6)13-17-9-10-18(16(4)24(17,21)5)30-19(26)11-12-33-7/h8,11-12,16-18,21H,9-10,13H2,1-7H3/b12-11+,14-8+. The summed E-state index contributed by atoms with van der Waals surface area (Å²) >= 11 is 1.43. The Morgan fingerprint density at radius 1 is 1.24 bits per heavy atom. The van der Waals surface area contributed by atoms with Crippen LogP contribution in [-0.4, -0.2) is 49.3 Å². The predicted octanol–water partition coefficient (Wildman–Crippen LogP) is 4.33. The fraction of sp³-hybridized carbons (Fsp3) is 0.640. The summed E-state index contributed by atoms with van der Waals surface area (Å²) in [4.78, 5) is 37.9. The number of hydrogen-bond donors (Lipinski definition) is 0. The van der Waals surface area contributed by atoms with Crippen LogP contribution in [0.15, 0.2) is 34.3 Å². The van der Waals surface area contributed by atoms with Crippen LogP contribution < -0.4 is 0 Å². The van der Waals surface area contributed by atoms with Gasteiger partial charge in [-0.3, -0.25) is 0 Å². The van der Waals surface area contributed by atoms with Crippen LogP contribution in [0.4, 0.5) is 0 Å². The van der Waals surface area contributed by atoms with E-state index in [0.29, 0.717) is 29.6 Å². The van der Waals surface area contributed by atoms with Crippen LogP contribution in [0.3, 0.4) is 0 Å². The first-order valence-corrected chi connectivity index (χ1v) is 12.6. The summed E-state index contributed by atoms with van der Waals surface area (Å²) in [5, 5.41) is 1.69. The third kappa shape index (κ3) is 4.28. The van der Waals surface area contributed by atoms with E-state index in [2.05, 4.69) is 6.92 Å². The van der Waals surface area contributed by atoms with Crippen molar-refractivity contribution in [2.45, 2.75) is 71.9 Å². The monoisotopic (exact) mass is 478 g/mol. The molecule has 8 heteroatoms. The number of rotatable bonds is 6. The maximum atomic E-state index is 12.9. The van der Waals surface area contributed by atoms with Crippen molar-refractivity contribution in [3.8, 4) is 0 Å². The molecule has 2 saturated carbocycles. The van der Waals surface area contributed by atoms with Crippen molar-refractivity contribution >= 4 is 29.7 Å². The molecule has 0 aromatic rings. The molecule has 6 atom stereocenters. The van der Waals surface area contributed by atoms with Crippen LogP contribution in [0, 0.1) is 17.3 Å². The lowest BCUT2D eigenvalue weighted by Crippen LogP contribution is -2.62. The van der Waals surface area contributed by atoms with Crippen LogP contribution in [-0.2, 0) is 33.3 Å². The average Bonchev–Trinajstić information content (AvgIpc) is 3.05. The van der Waals surface area contributed by atoms with E-state index < -0.39 is 35.2 Å². The molecule has 0 aromatic carbocycles. The van der Waals surface area contributed by atoms with E-state index >= 15 is 0 Å². The molecular weight excluding hydrogens is 444 g/mol. The second-order valence-corrected chi connectivity index (χ2v) is 10.0. The van der Waals surface area contributed by atoms with Gasteiger partial charge in [0.1, 0.15) is 12.2 Å². The highest BCUT2D eigenvalue weighted by molar-refractivity contribution is 8.01. The van der Waals surface area contributed by atoms with Gasteiger partial charge < -0.3 is 18.9 Å². The van der Waals surface area contributed by atoms with E-state index in [1.54, 1.807) is 32.3 Å². The van der Waals surface area contributed by atoms with Crippen molar-refractivity contribution in [2.24, 2.45) is 17.3 Å². The molecule has 0 N–H and O–H groups in total. The van der Waals surface area contributed by atoms with Crippen LogP contribution in [0.1, 0.15) is 53.9 Å². The molecular formula is C25H34O7S. The first-order valence-electron chi connectivity index (χ1n) is 11.3. The molecule has 0 spiro atoms. The quantitative estimate of drug-likeness (QED) is 0.317. The highest BCUT2D eigenvalue weighted by Crippen LogP contribution is 2.61. The van der Waals surface area contributed by atoms with Crippen molar-refractivity contribution in [1.29, 1.82) is 0 Å². The maximum Gasteiger partial charge on any atom is 0.336 e. The van der Waals surface area contributed by atoms with Crippen LogP contribution in [0.2, 0.25) is 0 Å². The fourth-order valence-corrected chi connectivity index (χ4v) is 5.79. The molecule has 0 bridgehead atoms. The molecule has 0 amide bonds. The molecule has 182 valence electrons. The molecule has 3 aliphatic rings. The molecule has 0 radical (unpaired) electrons. The van der Waals surface area contributed by atoms with Crippen molar-refractivity contribution in [3.05, 3.63) is 34.3 Å². The third-order valence-corrected chi connectivity index (χ3v) is 8.26. The minimum absolute atomic E-state index is 0.0234. The van der Waals surface area contributed by atoms with Gasteiger partial charge in [0, 0.05) is 42.1 Å². The molecule has 1 heterocycles. The van der Waals surface area contributed by atoms with E-state index in [4.69, 9.17) is 18.9 Å². The molecule has 2 aliphatic carbocycles. The number of hydrogen-bond acceptors (Lipinski definition) is 8. The number of allylic oxidation sites excluding steroid dienone is 1. The smallest absolute Gasteiger partial charge is 0.336 e. The first kappa shape index (κ1) is 25.6. The first-order chi connectivity index (χ1) is 15.5. The van der Waals surface area contributed by atoms with Gasteiger partial charge >= 0.3 is 17.9 Å². The molecule has 0 saturated heterocycles. The summed E-state index contributed by atoms with van der Waals surface area (Å²) in [5.74, 6) is -2.67. The molecule has 7 nitrogen and oxygen atoms in total. The average molecular weight is 479 g/mol. The second kappa shape index (κ2) is 9.66. The Hall–Kier alpha value is -2.06. The van der Waals surface area contributed by atoms with E-state index in [9.17, 15) is 14.4 Å². The van der Waals surface area contributed by atoms with E-state index in [1.807, 2.05) is 13.2 Å². The highest BCUT2D eigenvalue weighted by atomic mass is 32.2. The summed E-state index contributed by atoms with van der Waals surface area (Å²) in [5.41, 5.74) is 0.845. The molecule has 33 heavy (non-hydrogen) atoms. The Balaban J connectivity index is 2.06. The lowest BCUT2D eigenvalue weighted by atomic mass is 9.51. The molecule has 2 fully saturated rings. The normalized spacial score (nSPS) is 36.3. The van der Waals surface area contributed by atoms with Crippen molar-refractivity contribution in [3.63, 3.8) is 0 Å². The van der Waals surface area contributed by atoms with Crippen LogP contribution in [0.25, 0.3) is 0 Å². The summed E-state index contributed by atoms with van der Waals surface area (Å²) in [6.07, 6.45) is 5.73. The molecule has 3 rings (SSSR count). The number of methoxy groups -OCH3 is 1. The maximum absolute atomic E-state index is 12.9. The fourth-order valence-electron chi connectivity index (χ4n) is 5.55. The molecule has 6 unspecified atom stereocenters. The Labute approximate surface area is 199 Å². The highest BCUT2D eigenvalue weighted by Gasteiger charge is 2.66. The zero-order chi connectivity index (χ0) is 24.6. The van der Waals surface area contributed by atoms with Crippen molar-refractivity contribution in [1.82, 2.24) is 0 Å². The van der Waals surface area contributed by atoms with E-state index in [0.717, 1.165) is 6.42 Å². The number of thioether (sulfide) groups is 1. The number of ether oxygens (including phenoxy) is 4. The van der Waals surface area contributed by atoms with Gasteiger partial charge in [-0.05, 0) is 51.2 Å². The van der Waals surface area contributed by atoms with Crippen molar-refractivity contribution < 1.29 is 33.3 Å². The number of carbonyl (C=O) groups is 3. The predicted molar refractivity (Wildman–Crippen MR) is 125 cm³/mol. The largest absolute Gasteiger partial charge is 0.459 e. The van der Waals surface area contributed by atoms with Gasteiger partial charge in [-0.15, -0.1) is 11.8 Å². The topological polar surface area (TPSA) is 88.1 Å². The van der Waals surface area contributed by atoms with Crippen molar-refractivity contribution in [2.75, 3.05) is 13.4 Å². The minimum atomic E-state index is -1.25. The Morgan fingerprint density at radius 2 is 1.94 bits per heavy atom. The van der Waals surface area contributed by atoms with Gasteiger partial charge in [0.05, 0.1) is 5.57 Å². The van der Waals surface area contributed by atoms with E-state index in [-0.39, 0.29) is 17.9 Å². The van der Waals surface area contributed by atoms with Crippen LogP contribution >= 0.6 is 11.8 Å². The number of fused-ring (bicyclic) bond motifs is 2. The lowest BCUT2D eigenvalue weighted by molar-refractivity contribution is -0.244. The summed E-state index contributed by atoms with van der Waals surface area (Å²) in [6, 6.07) is 0. The molecule has 1 aliphatic heterocycles. The van der Waals surface area contributed by atoms with Gasteiger partial charge in [0.2, 0.25) is 5.79 Å². The van der Waals surface area contributed by atoms with Gasteiger partial charge in [-0.25, -0.2) is 14.4 Å². The Kier molecular flexibility index (Phi) is 7.49.